The summed E-state index contributed by atoms with van der Waals surface area (Å²) >= 11 is 0. The normalized spacial score (nSPS) is 14.4. The predicted octanol–water partition coefficient (Wildman–Crippen LogP) is 4.97. The number of aliphatic hydroxyl groups is 1. The highest BCUT2D eigenvalue weighted by atomic mass is 16.5. The molecule has 5 aromatic rings. The summed E-state index contributed by atoms with van der Waals surface area (Å²) in [6, 6.07) is 16.2. The van der Waals surface area contributed by atoms with E-state index in [1.807, 2.05) is 56.0 Å². The standard InChI is InChI=1S/C31H31N9O3/c1-4-16-40-29(42)21-10-11-24(35-25(21)31(40,2)3)36-30-33-17-22(28-37-26(39-43-28)20-12-14-32-15-13-20)27(38-30)34-23(18-41)19-8-6-5-7-9-19/h5-15,17,23,41H,4,16,18H2,1-3H3,(H2,33,34,35,36,38)/t23-/m1/s1. The SMILES string of the molecule is CCCN1C(=O)c2ccc(Nc3ncc(-c4nc(-c5ccncc5)no4)c(N[C@H](CO)c4ccccc4)n3)nc2C1(C)C. The quantitative estimate of drug-likeness (QED) is 0.206. The molecule has 6 rings (SSSR count). The number of nitrogens with one attached hydrogen (secondary N) is 2. The summed E-state index contributed by atoms with van der Waals surface area (Å²) in [5.74, 6) is 1.70. The van der Waals surface area contributed by atoms with Crippen molar-refractivity contribution >= 4 is 23.5 Å². The molecule has 0 aliphatic carbocycles. The van der Waals surface area contributed by atoms with Gasteiger partial charge in [-0.25, -0.2) is 9.97 Å². The predicted molar refractivity (Wildman–Crippen MR) is 160 cm³/mol. The second-order valence-corrected chi connectivity index (χ2v) is 10.6. The summed E-state index contributed by atoms with van der Waals surface area (Å²) in [7, 11) is 0. The average molecular weight is 578 g/mol. The van der Waals surface area contributed by atoms with Gasteiger partial charge >= 0.3 is 0 Å². The summed E-state index contributed by atoms with van der Waals surface area (Å²) in [4.78, 5) is 37.5. The molecule has 4 aromatic heterocycles. The van der Waals surface area contributed by atoms with Gasteiger partial charge in [0, 0.05) is 30.7 Å². The van der Waals surface area contributed by atoms with Gasteiger partial charge in [0.2, 0.25) is 11.8 Å². The molecule has 0 saturated heterocycles. The fourth-order valence-corrected chi connectivity index (χ4v) is 5.16. The number of benzene rings is 1. The summed E-state index contributed by atoms with van der Waals surface area (Å²) < 4.78 is 5.60. The van der Waals surface area contributed by atoms with Crippen LogP contribution in [0.2, 0.25) is 0 Å². The molecule has 0 bridgehead atoms. The van der Waals surface area contributed by atoms with Crippen LogP contribution in [0.5, 0.6) is 0 Å². The van der Waals surface area contributed by atoms with Gasteiger partial charge in [0.25, 0.3) is 11.8 Å². The number of anilines is 3. The van der Waals surface area contributed by atoms with Crippen LogP contribution < -0.4 is 10.6 Å². The molecular weight excluding hydrogens is 546 g/mol. The summed E-state index contributed by atoms with van der Waals surface area (Å²) in [5, 5.41) is 20.9. The molecule has 12 heteroatoms. The third-order valence-corrected chi connectivity index (χ3v) is 7.39. The van der Waals surface area contributed by atoms with Crippen LogP contribution in [0.4, 0.5) is 17.6 Å². The Morgan fingerprint density at radius 1 is 1.00 bits per heavy atom. The fourth-order valence-electron chi connectivity index (χ4n) is 5.16. The minimum atomic E-state index is -0.550. The summed E-state index contributed by atoms with van der Waals surface area (Å²) in [6.45, 7) is 6.51. The molecule has 218 valence electrons. The van der Waals surface area contributed by atoms with E-state index in [1.54, 1.807) is 42.9 Å². The maximum Gasteiger partial charge on any atom is 0.263 e. The number of carbonyl (C=O) groups excluding carboxylic acids is 1. The Balaban J connectivity index is 1.35. The smallest absolute Gasteiger partial charge is 0.263 e. The molecule has 0 unspecified atom stereocenters. The molecule has 3 N–H and O–H groups in total. The zero-order valence-corrected chi connectivity index (χ0v) is 24.0. The first kappa shape index (κ1) is 27.9. The van der Waals surface area contributed by atoms with Crippen molar-refractivity contribution in [2.75, 3.05) is 23.8 Å². The van der Waals surface area contributed by atoms with Crippen LogP contribution in [-0.4, -0.2) is 59.1 Å². The topological polar surface area (TPSA) is 155 Å². The highest BCUT2D eigenvalue weighted by Gasteiger charge is 2.44. The van der Waals surface area contributed by atoms with E-state index in [9.17, 15) is 9.90 Å². The number of fused-ring (bicyclic) bond motifs is 1. The molecule has 12 nitrogen and oxygen atoms in total. The van der Waals surface area contributed by atoms with Gasteiger partial charge < -0.3 is 25.2 Å². The fraction of sp³-hybridized carbons (Fsp3) is 0.258. The molecule has 1 aromatic carbocycles. The van der Waals surface area contributed by atoms with E-state index >= 15 is 0 Å². The summed E-state index contributed by atoms with van der Waals surface area (Å²) in [6.07, 6.45) is 5.73. The first-order chi connectivity index (χ1) is 20.9. The van der Waals surface area contributed by atoms with Crippen LogP contribution >= 0.6 is 0 Å². The van der Waals surface area contributed by atoms with E-state index < -0.39 is 11.6 Å². The first-order valence-corrected chi connectivity index (χ1v) is 14.0. The monoisotopic (exact) mass is 577 g/mol. The molecule has 1 atom stereocenters. The number of pyridine rings is 2. The number of aliphatic hydroxyl groups excluding tert-OH is 1. The van der Waals surface area contributed by atoms with E-state index in [1.165, 1.54) is 0 Å². The van der Waals surface area contributed by atoms with Crippen molar-refractivity contribution in [2.45, 2.75) is 38.8 Å². The minimum absolute atomic E-state index is 0.0189. The van der Waals surface area contributed by atoms with Gasteiger partial charge in [-0.05, 0) is 50.1 Å². The lowest BCUT2D eigenvalue weighted by Crippen LogP contribution is -2.39. The molecule has 0 fully saturated rings. The number of aromatic nitrogens is 6. The lowest BCUT2D eigenvalue weighted by Gasteiger charge is -2.31. The van der Waals surface area contributed by atoms with Crippen molar-refractivity contribution in [1.82, 2.24) is 35.0 Å². The molecule has 1 aliphatic rings. The summed E-state index contributed by atoms with van der Waals surface area (Å²) in [5.41, 5.74) is 2.82. The molecule has 0 saturated carbocycles. The molecule has 0 radical (unpaired) electrons. The highest BCUT2D eigenvalue weighted by Crippen LogP contribution is 2.38. The van der Waals surface area contributed by atoms with Crippen molar-refractivity contribution < 1.29 is 14.4 Å². The van der Waals surface area contributed by atoms with Gasteiger partial charge in [-0.1, -0.05) is 42.4 Å². The van der Waals surface area contributed by atoms with Crippen LogP contribution in [0.25, 0.3) is 22.8 Å². The van der Waals surface area contributed by atoms with E-state index in [4.69, 9.17) is 14.5 Å². The van der Waals surface area contributed by atoms with Gasteiger partial charge in [-0.3, -0.25) is 9.78 Å². The van der Waals surface area contributed by atoms with Crippen LogP contribution in [0.15, 0.2) is 77.7 Å². The average Bonchev–Trinajstić information content (AvgIpc) is 3.59. The van der Waals surface area contributed by atoms with E-state index in [-0.39, 0.29) is 24.4 Å². The maximum absolute atomic E-state index is 13.0. The maximum atomic E-state index is 13.0. The molecular formula is C31H31N9O3. The Hall–Kier alpha value is -5.23. The highest BCUT2D eigenvalue weighted by molar-refractivity contribution is 5.99. The minimum Gasteiger partial charge on any atom is -0.394 e. The number of nitrogens with zero attached hydrogens (tertiary/aromatic N) is 7. The van der Waals surface area contributed by atoms with Gasteiger partial charge in [-0.2, -0.15) is 9.97 Å². The Labute approximate surface area is 248 Å². The van der Waals surface area contributed by atoms with Crippen LogP contribution in [0.1, 0.15) is 54.8 Å². The van der Waals surface area contributed by atoms with Crippen LogP contribution in [0, 0.1) is 0 Å². The molecule has 5 heterocycles. The second kappa shape index (κ2) is 11.6. The van der Waals surface area contributed by atoms with Crippen molar-refractivity contribution in [3.63, 3.8) is 0 Å². The number of hydrogen-bond acceptors (Lipinski definition) is 11. The Kier molecular flexibility index (Phi) is 7.51. The zero-order valence-electron chi connectivity index (χ0n) is 24.0. The van der Waals surface area contributed by atoms with Gasteiger partial charge in [0.15, 0.2) is 0 Å². The zero-order chi connectivity index (χ0) is 30.0. The van der Waals surface area contributed by atoms with Gasteiger partial charge in [0.05, 0.1) is 29.4 Å². The number of rotatable bonds is 10. The number of amides is 1. The molecule has 0 spiro atoms. The largest absolute Gasteiger partial charge is 0.394 e. The number of hydrogen-bond donors (Lipinski definition) is 3. The Morgan fingerprint density at radius 3 is 2.53 bits per heavy atom. The van der Waals surface area contributed by atoms with E-state index in [0.29, 0.717) is 40.8 Å². The number of carbonyl (C=O) groups is 1. The Morgan fingerprint density at radius 2 is 1.79 bits per heavy atom. The van der Waals surface area contributed by atoms with E-state index in [0.717, 1.165) is 17.5 Å². The van der Waals surface area contributed by atoms with Gasteiger partial charge in [-0.15, -0.1) is 0 Å². The molecule has 43 heavy (non-hydrogen) atoms. The van der Waals surface area contributed by atoms with Crippen LogP contribution in [0.3, 0.4) is 0 Å². The van der Waals surface area contributed by atoms with Gasteiger partial charge in [0.1, 0.15) is 17.2 Å². The van der Waals surface area contributed by atoms with E-state index in [2.05, 4.69) is 30.7 Å². The van der Waals surface area contributed by atoms with Crippen molar-refractivity contribution in [1.29, 1.82) is 0 Å². The van der Waals surface area contributed by atoms with Crippen molar-refractivity contribution in [3.8, 4) is 22.8 Å². The van der Waals surface area contributed by atoms with Crippen molar-refractivity contribution in [3.05, 3.63) is 90.0 Å². The second-order valence-electron chi connectivity index (χ2n) is 10.6. The van der Waals surface area contributed by atoms with Crippen molar-refractivity contribution in [2.24, 2.45) is 0 Å². The van der Waals surface area contributed by atoms with Crippen LogP contribution in [-0.2, 0) is 5.54 Å². The third kappa shape index (κ3) is 5.40. The lowest BCUT2D eigenvalue weighted by molar-refractivity contribution is 0.0615. The first-order valence-electron chi connectivity index (χ1n) is 14.0. The third-order valence-electron chi connectivity index (χ3n) is 7.39. The molecule has 1 aliphatic heterocycles. The lowest BCUT2D eigenvalue weighted by atomic mass is 9.99. The Bertz CT molecular complexity index is 1740. The molecule has 1 amide bonds.